The van der Waals surface area contributed by atoms with E-state index in [1.54, 1.807) is 11.3 Å². The number of hydrogen-bond donors (Lipinski definition) is 0. The molecule has 0 spiro atoms. The van der Waals surface area contributed by atoms with E-state index in [0.29, 0.717) is 0 Å². The molecule has 80 valence electrons. The largest absolute Gasteiger partial charge is 0.245 e. The van der Waals surface area contributed by atoms with Crippen LogP contribution in [0.4, 0.5) is 0 Å². The van der Waals surface area contributed by atoms with Crippen molar-refractivity contribution < 1.29 is 0 Å². The van der Waals surface area contributed by atoms with E-state index >= 15 is 0 Å². The van der Waals surface area contributed by atoms with Crippen molar-refractivity contribution in [2.75, 3.05) is 0 Å². The molecule has 0 aliphatic carbocycles. The highest BCUT2D eigenvalue weighted by molar-refractivity contribution is 7.16. The summed E-state index contributed by atoms with van der Waals surface area (Å²) in [7, 11) is 0. The van der Waals surface area contributed by atoms with Gasteiger partial charge in [0.2, 0.25) is 0 Å². The van der Waals surface area contributed by atoms with Crippen molar-refractivity contribution in [2.45, 2.75) is 39.0 Å². The first-order valence-corrected chi connectivity index (χ1v) is 6.35. The molecule has 15 heavy (non-hydrogen) atoms. The molecule has 2 aromatic heterocycles. The summed E-state index contributed by atoms with van der Waals surface area (Å²) in [6.45, 7) is 6.83. The van der Waals surface area contributed by atoms with Gasteiger partial charge in [-0.3, -0.25) is 0 Å². The summed E-state index contributed by atoms with van der Waals surface area (Å²) < 4.78 is 0. The van der Waals surface area contributed by atoms with Gasteiger partial charge in [0, 0.05) is 11.6 Å². The smallest absolute Gasteiger partial charge is 0.123 e. The zero-order valence-electron chi connectivity index (χ0n) is 9.58. The van der Waals surface area contributed by atoms with Gasteiger partial charge in [0.1, 0.15) is 4.83 Å². The maximum atomic E-state index is 4.51. The van der Waals surface area contributed by atoms with E-state index in [0.717, 1.165) is 4.83 Å². The minimum Gasteiger partial charge on any atom is -0.245 e. The molecule has 0 aromatic carbocycles. The minimum atomic E-state index is 0.248. The second kappa shape index (κ2) is 3.93. The van der Waals surface area contributed by atoms with Crippen LogP contribution in [0.1, 0.15) is 39.2 Å². The van der Waals surface area contributed by atoms with Crippen LogP contribution in [-0.2, 0) is 5.41 Å². The molecule has 0 atom stereocenters. The lowest BCUT2D eigenvalue weighted by Gasteiger charge is -2.24. The zero-order chi connectivity index (χ0) is 10.9. The number of rotatable bonds is 3. The van der Waals surface area contributed by atoms with Gasteiger partial charge in [0.15, 0.2) is 0 Å². The van der Waals surface area contributed by atoms with Crippen molar-refractivity contribution in [1.82, 2.24) is 4.98 Å². The SMILES string of the molecule is CCCC(C)(C)c1cnc2sccc2c1. The van der Waals surface area contributed by atoms with E-state index < -0.39 is 0 Å². The summed E-state index contributed by atoms with van der Waals surface area (Å²) in [5, 5.41) is 3.38. The molecular weight excluding hydrogens is 202 g/mol. The molecule has 2 heterocycles. The van der Waals surface area contributed by atoms with Crippen LogP contribution in [0.25, 0.3) is 10.2 Å². The average Bonchev–Trinajstić information content (AvgIpc) is 2.63. The monoisotopic (exact) mass is 219 g/mol. The fraction of sp³-hybridized carbons (Fsp3) is 0.462. The van der Waals surface area contributed by atoms with Crippen LogP contribution in [0, 0.1) is 0 Å². The third-order valence-corrected chi connectivity index (χ3v) is 3.80. The molecule has 0 radical (unpaired) electrons. The highest BCUT2D eigenvalue weighted by Gasteiger charge is 2.20. The summed E-state index contributed by atoms with van der Waals surface area (Å²) in [5.74, 6) is 0. The second-order valence-corrected chi connectivity index (χ2v) is 5.57. The number of nitrogens with zero attached hydrogens (tertiary/aromatic N) is 1. The fourth-order valence-corrected chi connectivity index (χ4v) is 2.72. The zero-order valence-corrected chi connectivity index (χ0v) is 10.4. The predicted octanol–water partition coefficient (Wildman–Crippen LogP) is 4.37. The summed E-state index contributed by atoms with van der Waals surface area (Å²) in [6, 6.07) is 4.44. The van der Waals surface area contributed by atoms with E-state index in [1.807, 2.05) is 6.20 Å². The standard InChI is InChI=1S/C13H17NS/c1-4-6-13(2,3)11-8-10-5-7-15-12(10)14-9-11/h5,7-9H,4,6H2,1-3H3. The first-order valence-electron chi connectivity index (χ1n) is 5.47. The summed E-state index contributed by atoms with van der Waals surface area (Å²) in [4.78, 5) is 5.65. The van der Waals surface area contributed by atoms with Gasteiger partial charge in [0.25, 0.3) is 0 Å². The maximum absolute atomic E-state index is 4.51. The molecule has 2 aromatic rings. The number of pyridine rings is 1. The van der Waals surface area contributed by atoms with E-state index in [9.17, 15) is 0 Å². The lowest BCUT2D eigenvalue weighted by atomic mass is 9.81. The Morgan fingerprint density at radius 3 is 2.93 bits per heavy atom. The van der Waals surface area contributed by atoms with Gasteiger partial charge in [0.05, 0.1) is 0 Å². The Balaban J connectivity index is 2.42. The highest BCUT2D eigenvalue weighted by atomic mass is 32.1. The van der Waals surface area contributed by atoms with Crippen LogP contribution in [0.15, 0.2) is 23.7 Å². The van der Waals surface area contributed by atoms with Crippen molar-refractivity contribution in [2.24, 2.45) is 0 Å². The molecule has 0 unspecified atom stereocenters. The first kappa shape index (κ1) is 10.6. The first-order chi connectivity index (χ1) is 7.13. The fourth-order valence-electron chi connectivity index (χ4n) is 2.00. The minimum absolute atomic E-state index is 0.248. The summed E-state index contributed by atoms with van der Waals surface area (Å²) >= 11 is 1.71. The third kappa shape index (κ3) is 2.05. The Bertz CT molecular complexity index is 456. The van der Waals surface area contributed by atoms with E-state index in [-0.39, 0.29) is 5.41 Å². The molecule has 0 aliphatic rings. The van der Waals surface area contributed by atoms with Crippen molar-refractivity contribution in [3.05, 3.63) is 29.3 Å². The molecule has 0 amide bonds. The van der Waals surface area contributed by atoms with Gasteiger partial charge in [-0.05, 0) is 34.9 Å². The lowest BCUT2D eigenvalue weighted by molar-refractivity contribution is 0.472. The third-order valence-electron chi connectivity index (χ3n) is 2.96. The molecule has 0 fully saturated rings. The Kier molecular flexibility index (Phi) is 2.79. The van der Waals surface area contributed by atoms with E-state index in [2.05, 4.69) is 43.3 Å². The van der Waals surface area contributed by atoms with Gasteiger partial charge < -0.3 is 0 Å². The molecular formula is C13H17NS. The Hall–Kier alpha value is -0.890. The Labute approximate surface area is 95.2 Å². The lowest BCUT2D eigenvalue weighted by Crippen LogP contribution is -2.16. The maximum Gasteiger partial charge on any atom is 0.123 e. The van der Waals surface area contributed by atoms with Crippen molar-refractivity contribution in [3.63, 3.8) is 0 Å². The van der Waals surface area contributed by atoms with Crippen LogP contribution in [0.5, 0.6) is 0 Å². The number of thiophene rings is 1. The second-order valence-electron chi connectivity index (χ2n) is 4.67. The molecule has 0 saturated heterocycles. The molecule has 0 saturated carbocycles. The molecule has 0 bridgehead atoms. The van der Waals surface area contributed by atoms with Crippen LogP contribution >= 0.6 is 11.3 Å². The van der Waals surface area contributed by atoms with Gasteiger partial charge in [-0.2, -0.15) is 0 Å². The van der Waals surface area contributed by atoms with Crippen molar-refractivity contribution in [3.8, 4) is 0 Å². The van der Waals surface area contributed by atoms with Crippen molar-refractivity contribution >= 4 is 21.6 Å². The highest BCUT2D eigenvalue weighted by Crippen LogP contribution is 2.30. The summed E-state index contributed by atoms with van der Waals surface area (Å²) in [6.07, 6.45) is 4.47. The van der Waals surface area contributed by atoms with Crippen molar-refractivity contribution in [1.29, 1.82) is 0 Å². The molecule has 2 heteroatoms. The van der Waals surface area contributed by atoms with Gasteiger partial charge in [-0.1, -0.05) is 27.2 Å². The number of hydrogen-bond acceptors (Lipinski definition) is 2. The summed E-state index contributed by atoms with van der Waals surface area (Å²) in [5.41, 5.74) is 1.60. The molecule has 0 aliphatic heterocycles. The van der Waals surface area contributed by atoms with Gasteiger partial charge in [-0.15, -0.1) is 11.3 Å². The van der Waals surface area contributed by atoms with E-state index in [1.165, 1.54) is 23.8 Å². The molecule has 1 nitrogen and oxygen atoms in total. The quantitative estimate of drug-likeness (QED) is 0.746. The van der Waals surface area contributed by atoms with Crippen LogP contribution in [-0.4, -0.2) is 4.98 Å². The average molecular weight is 219 g/mol. The van der Waals surface area contributed by atoms with E-state index in [4.69, 9.17) is 0 Å². The predicted molar refractivity (Wildman–Crippen MR) is 67.6 cm³/mol. The normalized spacial score (nSPS) is 12.2. The topological polar surface area (TPSA) is 12.9 Å². The molecule has 2 rings (SSSR count). The van der Waals surface area contributed by atoms with Crippen LogP contribution < -0.4 is 0 Å². The van der Waals surface area contributed by atoms with Gasteiger partial charge >= 0.3 is 0 Å². The number of fused-ring (bicyclic) bond motifs is 1. The Morgan fingerprint density at radius 2 is 2.20 bits per heavy atom. The molecule has 0 N–H and O–H groups in total. The number of aromatic nitrogens is 1. The van der Waals surface area contributed by atoms with Crippen LogP contribution in [0.3, 0.4) is 0 Å². The Morgan fingerprint density at radius 1 is 1.40 bits per heavy atom. The van der Waals surface area contributed by atoms with Gasteiger partial charge in [-0.25, -0.2) is 4.98 Å². The van der Waals surface area contributed by atoms with Crippen LogP contribution in [0.2, 0.25) is 0 Å².